The van der Waals surface area contributed by atoms with Gasteiger partial charge in [0.2, 0.25) is 0 Å². The largest absolute Gasteiger partial charge is 0.331 e. The zero-order valence-corrected chi connectivity index (χ0v) is 11.7. The average molecular weight is 310 g/mol. The SMILES string of the molecule is O=c1c2sccc2[nH]c(=S)n1Cc1ccc(F)c(F)c1. The van der Waals surface area contributed by atoms with Crippen LogP contribution in [0.5, 0.6) is 0 Å². The topological polar surface area (TPSA) is 37.8 Å². The van der Waals surface area contributed by atoms with Gasteiger partial charge in [0.15, 0.2) is 16.4 Å². The summed E-state index contributed by atoms with van der Waals surface area (Å²) >= 11 is 6.44. The Bertz CT molecular complexity index is 911. The van der Waals surface area contributed by atoms with Crippen LogP contribution in [0.15, 0.2) is 34.4 Å². The quantitative estimate of drug-likeness (QED) is 0.736. The van der Waals surface area contributed by atoms with Crippen LogP contribution in [0.4, 0.5) is 8.78 Å². The molecule has 7 heteroatoms. The Hall–Kier alpha value is -1.86. The third-order valence-electron chi connectivity index (χ3n) is 2.92. The van der Waals surface area contributed by atoms with E-state index in [1.165, 1.54) is 22.0 Å². The van der Waals surface area contributed by atoms with E-state index in [1.807, 2.05) is 0 Å². The summed E-state index contributed by atoms with van der Waals surface area (Å²) in [5.41, 5.74) is 0.927. The molecule has 0 bridgehead atoms. The molecule has 0 saturated heterocycles. The molecule has 3 aromatic rings. The van der Waals surface area contributed by atoms with E-state index in [9.17, 15) is 13.6 Å². The summed E-state index contributed by atoms with van der Waals surface area (Å²) in [6.45, 7) is 0.0964. The van der Waals surface area contributed by atoms with E-state index in [2.05, 4.69) is 4.98 Å². The number of nitrogens with one attached hydrogen (secondary N) is 1. The molecule has 1 N–H and O–H groups in total. The molecule has 2 heterocycles. The van der Waals surface area contributed by atoms with Gasteiger partial charge in [-0.3, -0.25) is 9.36 Å². The van der Waals surface area contributed by atoms with Crippen molar-refractivity contribution in [3.05, 3.63) is 62.0 Å². The van der Waals surface area contributed by atoms with Crippen molar-refractivity contribution in [1.82, 2.24) is 9.55 Å². The summed E-state index contributed by atoms with van der Waals surface area (Å²) in [7, 11) is 0. The van der Waals surface area contributed by atoms with Crippen molar-refractivity contribution in [3.8, 4) is 0 Å². The molecule has 0 saturated carbocycles. The number of H-pyrrole nitrogens is 1. The predicted octanol–water partition coefficient (Wildman–Crippen LogP) is 3.45. The molecule has 0 spiro atoms. The highest BCUT2D eigenvalue weighted by Crippen LogP contribution is 2.15. The molecule has 0 fully saturated rings. The Labute approximate surface area is 121 Å². The molecule has 102 valence electrons. The lowest BCUT2D eigenvalue weighted by atomic mass is 10.2. The number of aromatic amines is 1. The molecule has 0 unspecified atom stereocenters. The van der Waals surface area contributed by atoms with Crippen molar-refractivity contribution < 1.29 is 8.78 Å². The number of rotatable bonds is 2. The van der Waals surface area contributed by atoms with Gasteiger partial charge in [0.25, 0.3) is 5.56 Å². The summed E-state index contributed by atoms with van der Waals surface area (Å²) in [6.07, 6.45) is 0. The van der Waals surface area contributed by atoms with Crippen molar-refractivity contribution in [2.75, 3.05) is 0 Å². The average Bonchev–Trinajstić information content (AvgIpc) is 2.87. The van der Waals surface area contributed by atoms with Gasteiger partial charge in [-0.1, -0.05) is 6.07 Å². The first kappa shape index (κ1) is 13.1. The third-order valence-corrected chi connectivity index (χ3v) is 4.14. The fourth-order valence-electron chi connectivity index (χ4n) is 1.93. The molecule has 3 rings (SSSR count). The van der Waals surface area contributed by atoms with Crippen LogP contribution in [0.25, 0.3) is 10.2 Å². The number of fused-ring (bicyclic) bond motifs is 1. The molecule has 0 aliphatic rings. The fraction of sp³-hybridized carbons (Fsp3) is 0.0769. The minimum absolute atomic E-state index is 0.0964. The summed E-state index contributed by atoms with van der Waals surface area (Å²) in [5, 5.41) is 1.79. The summed E-state index contributed by atoms with van der Waals surface area (Å²) < 4.78 is 28.2. The van der Waals surface area contributed by atoms with Gasteiger partial charge in [-0.05, 0) is 41.4 Å². The van der Waals surface area contributed by atoms with Gasteiger partial charge in [-0.2, -0.15) is 0 Å². The van der Waals surface area contributed by atoms with Gasteiger partial charge >= 0.3 is 0 Å². The Balaban J connectivity index is 2.12. The number of aromatic nitrogens is 2. The Kier molecular flexibility index (Phi) is 3.23. The second-order valence-electron chi connectivity index (χ2n) is 4.23. The minimum Gasteiger partial charge on any atom is -0.331 e. The molecule has 1 aromatic carbocycles. The second kappa shape index (κ2) is 4.92. The van der Waals surface area contributed by atoms with Crippen molar-refractivity contribution in [3.63, 3.8) is 0 Å². The maximum absolute atomic E-state index is 13.2. The highest BCUT2D eigenvalue weighted by molar-refractivity contribution is 7.71. The fourth-order valence-corrected chi connectivity index (χ4v) is 2.99. The summed E-state index contributed by atoms with van der Waals surface area (Å²) in [4.78, 5) is 15.2. The maximum Gasteiger partial charge on any atom is 0.272 e. The number of benzene rings is 1. The number of nitrogens with zero attached hydrogens (tertiary/aromatic N) is 1. The Morgan fingerprint density at radius 2 is 2.05 bits per heavy atom. The van der Waals surface area contributed by atoms with Crippen LogP contribution < -0.4 is 5.56 Å². The molecule has 0 amide bonds. The molecule has 0 radical (unpaired) electrons. The number of thiophene rings is 1. The van der Waals surface area contributed by atoms with E-state index < -0.39 is 11.6 Å². The van der Waals surface area contributed by atoms with E-state index in [1.54, 1.807) is 11.4 Å². The van der Waals surface area contributed by atoms with Crippen LogP contribution in [0, 0.1) is 16.4 Å². The minimum atomic E-state index is -0.942. The van der Waals surface area contributed by atoms with E-state index >= 15 is 0 Å². The monoisotopic (exact) mass is 310 g/mol. The molecular weight excluding hydrogens is 302 g/mol. The van der Waals surface area contributed by atoms with Gasteiger partial charge in [0, 0.05) is 0 Å². The molecule has 2 aromatic heterocycles. The van der Waals surface area contributed by atoms with E-state index in [4.69, 9.17) is 12.2 Å². The smallest absolute Gasteiger partial charge is 0.272 e. The van der Waals surface area contributed by atoms with Crippen LogP contribution in [0.3, 0.4) is 0 Å². The molecule has 3 nitrogen and oxygen atoms in total. The standard InChI is InChI=1S/C13H8F2N2OS2/c14-8-2-1-7(5-9(8)15)6-17-12(18)11-10(3-4-20-11)16-13(17)19/h1-5H,6H2,(H,16,19). The number of hydrogen-bond donors (Lipinski definition) is 1. The maximum atomic E-state index is 13.2. The molecule has 0 aliphatic heterocycles. The van der Waals surface area contributed by atoms with Crippen LogP contribution in [-0.2, 0) is 6.54 Å². The first-order valence-corrected chi connectivity index (χ1v) is 6.99. The summed E-state index contributed by atoms with van der Waals surface area (Å²) in [6, 6.07) is 5.30. The van der Waals surface area contributed by atoms with Crippen molar-refractivity contribution >= 4 is 33.8 Å². The van der Waals surface area contributed by atoms with Gasteiger partial charge in [-0.25, -0.2) is 8.78 Å². The van der Waals surface area contributed by atoms with Crippen molar-refractivity contribution in [2.24, 2.45) is 0 Å². The van der Waals surface area contributed by atoms with Gasteiger partial charge < -0.3 is 4.98 Å². The summed E-state index contributed by atoms with van der Waals surface area (Å²) in [5.74, 6) is -1.86. The third kappa shape index (κ3) is 2.19. The molecule has 0 aliphatic carbocycles. The van der Waals surface area contributed by atoms with Gasteiger partial charge in [0.05, 0.1) is 12.1 Å². The number of hydrogen-bond acceptors (Lipinski definition) is 3. The zero-order valence-electron chi connectivity index (χ0n) is 10.0. The Morgan fingerprint density at radius 1 is 1.25 bits per heavy atom. The van der Waals surface area contributed by atoms with E-state index in [0.717, 1.165) is 12.1 Å². The normalized spacial score (nSPS) is 11.1. The Morgan fingerprint density at radius 3 is 2.80 bits per heavy atom. The highest BCUT2D eigenvalue weighted by atomic mass is 32.1. The second-order valence-corrected chi connectivity index (χ2v) is 5.54. The first-order valence-electron chi connectivity index (χ1n) is 5.70. The van der Waals surface area contributed by atoms with Crippen LogP contribution in [0.1, 0.15) is 5.56 Å². The first-order chi connectivity index (χ1) is 9.56. The van der Waals surface area contributed by atoms with Gasteiger partial charge in [-0.15, -0.1) is 11.3 Å². The lowest BCUT2D eigenvalue weighted by Crippen LogP contribution is -2.22. The van der Waals surface area contributed by atoms with E-state index in [0.29, 0.717) is 15.8 Å². The lowest BCUT2D eigenvalue weighted by Gasteiger charge is -2.07. The van der Waals surface area contributed by atoms with Crippen molar-refractivity contribution in [2.45, 2.75) is 6.54 Å². The number of halogens is 2. The zero-order chi connectivity index (χ0) is 14.3. The molecular formula is C13H8F2N2OS2. The van der Waals surface area contributed by atoms with Crippen LogP contribution in [-0.4, -0.2) is 9.55 Å². The van der Waals surface area contributed by atoms with Crippen molar-refractivity contribution in [1.29, 1.82) is 0 Å². The predicted molar refractivity (Wildman–Crippen MR) is 76.7 cm³/mol. The lowest BCUT2D eigenvalue weighted by molar-refractivity contribution is 0.506. The molecule has 20 heavy (non-hydrogen) atoms. The van der Waals surface area contributed by atoms with Gasteiger partial charge in [0.1, 0.15) is 4.70 Å². The van der Waals surface area contributed by atoms with E-state index in [-0.39, 0.29) is 16.9 Å². The highest BCUT2D eigenvalue weighted by Gasteiger charge is 2.09. The van der Waals surface area contributed by atoms with Crippen LogP contribution in [0.2, 0.25) is 0 Å². The van der Waals surface area contributed by atoms with Crippen LogP contribution >= 0.6 is 23.6 Å². The molecule has 0 atom stereocenters.